The lowest BCUT2D eigenvalue weighted by Gasteiger charge is -1.99. The largest absolute Gasteiger partial charge is 0.334 e. The van der Waals surface area contributed by atoms with Gasteiger partial charge in [0.25, 0.3) is 5.89 Å². The number of aromatic nitrogens is 6. The van der Waals surface area contributed by atoms with Gasteiger partial charge in [0.1, 0.15) is 5.52 Å². The summed E-state index contributed by atoms with van der Waals surface area (Å²) in [6.07, 6.45) is 5.85. The number of benzene rings is 1. The lowest BCUT2D eigenvalue weighted by molar-refractivity contribution is 0.432. The molecule has 1 aromatic carbocycles. The Balaban J connectivity index is 1.55. The predicted octanol–water partition coefficient (Wildman–Crippen LogP) is 3.19. The topological polar surface area (TPSA) is 82.5 Å². The highest BCUT2D eigenvalue weighted by Crippen LogP contribution is 2.36. The van der Waals surface area contributed by atoms with Gasteiger partial charge in [0.05, 0.1) is 11.6 Å². The smallest absolute Gasteiger partial charge is 0.258 e. The number of hydrogen-bond donors (Lipinski definition) is 0. The van der Waals surface area contributed by atoms with Gasteiger partial charge in [-0.2, -0.15) is 4.98 Å². The van der Waals surface area contributed by atoms with Crippen LogP contribution in [-0.2, 0) is 0 Å². The fraction of sp³-hybridized carbons (Fsp3) is 0.235. The first-order valence-electron chi connectivity index (χ1n) is 7.89. The Bertz CT molecular complexity index is 1050. The predicted molar refractivity (Wildman–Crippen MR) is 87.1 cm³/mol. The van der Waals surface area contributed by atoms with E-state index in [2.05, 4.69) is 25.4 Å². The summed E-state index contributed by atoms with van der Waals surface area (Å²) in [6, 6.07) is 8.35. The van der Waals surface area contributed by atoms with Gasteiger partial charge in [0, 0.05) is 23.5 Å². The van der Waals surface area contributed by atoms with Gasteiger partial charge in [-0.3, -0.25) is 4.98 Å². The maximum atomic E-state index is 5.43. The van der Waals surface area contributed by atoms with Crippen LogP contribution in [0.15, 0.2) is 41.2 Å². The van der Waals surface area contributed by atoms with Gasteiger partial charge >= 0.3 is 0 Å². The van der Waals surface area contributed by atoms with Gasteiger partial charge in [-0.1, -0.05) is 10.4 Å². The van der Waals surface area contributed by atoms with E-state index >= 15 is 0 Å². The van der Waals surface area contributed by atoms with Crippen molar-refractivity contribution in [3.8, 4) is 22.8 Å². The van der Waals surface area contributed by atoms with Crippen molar-refractivity contribution < 1.29 is 4.52 Å². The van der Waals surface area contributed by atoms with Gasteiger partial charge in [-0.25, -0.2) is 4.68 Å². The summed E-state index contributed by atoms with van der Waals surface area (Å²) in [5.74, 6) is 1.01. The van der Waals surface area contributed by atoms with Crippen LogP contribution < -0.4 is 0 Å². The number of aryl methyl sites for hydroxylation is 1. The summed E-state index contributed by atoms with van der Waals surface area (Å²) in [5, 5.41) is 12.6. The Morgan fingerprint density at radius 2 is 2.12 bits per heavy atom. The van der Waals surface area contributed by atoms with Crippen LogP contribution in [0.3, 0.4) is 0 Å². The molecule has 0 radical (unpaired) electrons. The van der Waals surface area contributed by atoms with Gasteiger partial charge in [-0.15, -0.1) is 5.10 Å². The van der Waals surface area contributed by atoms with E-state index in [0.717, 1.165) is 27.7 Å². The highest BCUT2D eigenvalue weighted by molar-refractivity contribution is 5.80. The van der Waals surface area contributed by atoms with Crippen LogP contribution in [0.2, 0.25) is 0 Å². The first-order valence-corrected chi connectivity index (χ1v) is 7.89. The number of fused-ring (bicyclic) bond motifs is 1. The minimum atomic E-state index is 0.469. The van der Waals surface area contributed by atoms with Crippen LogP contribution >= 0.6 is 0 Å². The fourth-order valence-corrected chi connectivity index (χ4v) is 2.81. The lowest BCUT2D eigenvalue weighted by atomic mass is 10.1. The second-order valence-corrected chi connectivity index (χ2v) is 6.08. The number of pyridine rings is 1. The molecule has 0 aliphatic heterocycles. The molecule has 3 aromatic heterocycles. The van der Waals surface area contributed by atoms with E-state index in [4.69, 9.17) is 4.52 Å². The molecule has 0 amide bonds. The van der Waals surface area contributed by atoms with Crippen molar-refractivity contribution in [1.82, 2.24) is 30.1 Å². The molecule has 0 saturated heterocycles. The highest BCUT2D eigenvalue weighted by Gasteiger charge is 2.26. The van der Waals surface area contributed by atoms with Crippen LogP contribution in [0.25, 0.3) is 33.9 Å². The number of hydrogen-bond acceptors (Lipinski definition) is 6. The molecule has 0 atom stereocenters. The van der Waals surface area contributed by atoms with Crippen molar-refractivity contribution in [3.05, 3.63) is 42.2 Å². The molecular formula is C17H14N6O. The first-order chi connectivity index (χ1) is 11.8. The minimum Gasteiger partial charge on any atom is -0.334 e. The van der Waals surface area contributed by atoms with Crippen molar-refractivity contribution in [1.29, 1.82) is 0 Å². The molecule has 4 aromatic rings. The maximum absolute atomic E-state index is 5.43. The molecule has 7 nitrogen and oxygen atoms in total. The van der Waals surface area contributed by atoms with E-state index in [1.807, 2.05) is 35.9 Å². The van der Waals surface area contributed by atoms with Crippen molar-refractivity contribution in [2.75, 3.05) is 0 Å². The van der Waals surface area contributed by atoms with E-state index in [9.17, 15) is 0 Å². The second-order valence-electron chi connectivity index (χ2n) is 6.08. The highest BCUT2D eigenvalue weighted by atomic mass is 16.5. The molecule has 1 saturated carbocycles. The van der Waals surface area contributed by atoms with Crippen LogP contribution in [0, 0.1) is 6.92 Å². The molecule has 7 heteroatoms. The van der Waals surface area contributed by atoms with Crippen LogP contribution in [0.4, 0.5) is 0 Å². The normalized spacial score (nSPS) is 14.4. The van der Waals surface area contributed by atoms with E-state index in [1.54, 1.807) is 12.4 Å². The van der Waals surface area contributed by atoms with Crippen molar-refractivity contribution in [3.63, 3.8) is 0 Å². The Morgan fingerprint density at radius 3 is 2.96 bits per heavy atom. The Hall–Kier alpha value is -3.09. The minimum absolute atomic E-state index is 0.469. The third-order valence-electron chi connectivity index (χ3n) is 4.32. The SMILES string of the molecule is Cc1ccncc1-c1noc(-c2ccc3c(c2)nnn3C2CC2)n1. The summed E-state index contributed by atoms with van der Waals surface area (Å²) in [6.45, 7) is 2.00. The monoisotopic (exact) mass is 318 g/mol. The quantitative estimate of drug-likeness (QED) is 0.577. The van der Waals surface area contributed by atoms with Crippen LogP contribution in [-0.4, -0.2) is 30.1 Å². The number of rotatable bonds is 3. The van der Waals surface area contributed by atoms with Crippen molar-refractivity contribution in [2.24, 2.45) is 0 Å². The van der Waals surface area contributed by atoms with Crippen LogP contribution in [0.1, 0.15) is 24.4 Å². The van der Waals surface area contributed by atoms with Gasteiger partial charge < -0.3 is 4.52 Å². The molecular weight excluding hydrogens is 304 g/mol. The third kappa shape index (κ3) is 2.09. The Morgan fingerprint density at radius 1 is 1.21 bits per heavy atom. The van der Waals surface area contributed by atoms with Gasteiger partial charge in [0.15, 0.2) is 0 Å². The van der Waals surface area contributed by atoms with Crippen LogP contribution in [0.5, 0.6) is 0 Å². The fourth-order valence-electron chi connectivity index (χ4n) is 2.81. The molecule has 118 valence electrons. The molecule has 1 fully saturated rings. The van der Waals surface area contributed by atoms with Gasteiger partial charge in [0.2, 0.25) is 5.82 Å². The average Bonchev–Trinajstić information content (AvgIpc) is 3.18. The van der Waals surface area contributed by atoms with E-state index in [0.29, 0.717) is 17.8 Å². The zero-order valence-electron chi connectivity index (χ0n) is 13.0. The summed E-state index contributed by atoms with van der Waals surface area (Å²) in [5.41, 5.74) is 4.65. The molecule has 3 heterocycles. The van der Waals surface area contributed by atoms with E-state index in [1.165, 1.54) is 12.8 Å². The zero-order chi connectivity index (χ0) is 16.1. The third-order valence-corrected chi connectivity index (χ3v) is 4.32. The second kappa shape index (κ2) is 4.95. The summed E-state index contributed by atoms with van der Waals surface area (Å²) >= 11 is 0. The Kier molecular flexibility index (Phi) is 2.76. The lowest BCUT2D eigenvalue weighted by Crippen LogP contribution is -1.95. The van der Waals surface area contributed by atoms with Crippen molar-refractivity contribution >= 4 is 11.0 Å². The number of nitrogens with zero attached hydrogens (tertiary/aromatic N) is 6. The summed E-state index contributed by atoms with van der Waals surface area (Å²) in [7, 11) is 0. The molecule has 0 N–H and O–H groups in total. The molecule has 0 unspecified atom stereocenters. The van der Waals surface area contributed by atoms with Gasteiger partial charge in [-0.05, 0) is 49.6 Å². The maximum Gasteiger partial charge on any atom is 0.258 e. The zero-order valence-corrected chi connectivity index (χ0v) is 13.0. The standard InChI is InChI=1S/C17H14N6O/c1-10-6-7-18-9-13(10)16-19-17(24-21-16)11-2-5-15-14(8-11)20-22-23(15)12-3-4-12/h2,5-9,12H,3-4H2,1H3. The van der Waals surface area contributed by atoms with Crippen molar-refractivity contribution in [2.45, 2.75) is 25.8 Å². The summed E-state index contributed by atoms with van der Waals surface area (Å²) < 4.78 is 7.43. The van der Waals surface area contributed by atoms with E-state index < -0.39 is 0 Å². The molecule has 1 aliphatic rings. The Labute approximate surface area is 137 Å². The molecule has 24 heavy (non-hydrogen) atoms. The average molecular weight is 318 g/mol. The summed E-state index contributed by atoms with van der Waals surface area (Å²) in [4.78, 5) is 8.63. The molecule has 1 aliphatic carbocycles. The van der Waals surface area contributed by atoms with E-state index in [-0.39, 0.29) is 0 Å². The molecule has 5 rings (SSSR count). The molecule has 0 spiro atoms. The first kappa shape index (κ1) is 13.4. The molecule has 0 bridgehead atoms.